The van der Waals surface area contributed by atoms with Gasteiger partial charge in [0.25, 0.3) is 5.91 Å². The van der Waals surface area contributed by atoms with E-state index >= 15 is 0 Å². The number of hydrogen-bond donors (Lipinski definition) is 1. The number of fused-ring (bicyclic) bond motifs is 1. The molecule has 0 saturated carbocycles. The number of carbonyl (C=O) groups excluding carboxylic acids is 1. The lowest BCUT2D eigenvalue weighted by molar-refractivity contribution is 0.0830. The van der Waals surface area contributed by atoms with Gasteiger partial charge in [0.05, 0.1) is 5.56 Å². The van der Waals surface area contributed by atoms with Crippen molar-refractivity contribution in [1.82, 2.24) is 4.90 Å². The molecule has 0 fully saturated rings. The van der Waals surface area contributed by atoms with Crippen molar-refractivity contribution in [2.75, 3.05) is 19.8 Å². The molecule has 16 heavy (non-hydrogen) atoms. The first-order chi connectivity index (χ1) is 7.61. The van der Waals surface area contributed by atoms with Crippen LogP contribution in [0.15, 0.2) is 36.4 Å². The highest BCUT2D eigenvalue weighted by Gasteiger charge is 2.14. The average molecular weight is 214 g/mol. The number of nitrogen functional groups attached to an aromatic ring is 1. The van der Waals surface area contributed by atoms with E-state index in [9.17, 15) is 4.79 Å². The minimum atomic E-state index is -0.0608. The summed E-state index contributed by atoms with van der Waals surface area (Å²) in [6, 6.07) is 11.5. The van der Waals surface area contributed by atoms with E-state index in [1.165, 1.54) is 4.90 Å². The Bertz CT molecular complexity index is 547. The topological polar surface area (TPSA) is 46.3 Å². The molecule has 0 aromatic heterocycles. The minimum Gasteiger partial charge on any atom is -0.398 e. The van der Waals surface area contributed by atoms with Crippen molar-refractivity contribution in [1.29, 1.82) is 0 Å². The van der Waals surface area contributed by atoms with Crippen molar-refractivity contribution in [2.45, 2.75) is 0 Å². The Kier molecular flexibility index (Phi) is 2.52. The van der Waals surface area contributed by atoms with Gasteiger partial charge in [-0.15, -0.1) is 0 Å². The van der Waals surface area contributed by atoms with Gasteiger partial charge in [0.2, 0.25) is 0 Å². The van der Waals surface area contributed by atoms with Gasteiger partial charge >= 0.3 is 0 Å². The van der Waals surface area contributed by atoms with E-state index < -0.39 is 0 Å². The minimum absolute atomic E-state index is 0.0608. The highest BCUT2D eigenvalue weighted by molar-refractivity contribution is 6.11. The zero-order chi connectivity index (χ0) is 11.7. The summed E-state index contributed by atoms with van der Waals surface area (Å²) in [6.45, 7) is 0. The second kappa shape index (κ2) is 3.85. The van der Waals surface area contributed by atoms with Crippen LogP contribution in [0.4, 0.5) is 5.69 Å². The maximum Gasteiger partial charge on any atom is 0.256 e. The van der Waals surface area contributed by atoms with E-state index in [1.807, 2.05) is 30.3 Å². The van der Waals surface area contributed by atoms with Crippen molar-refractivity contribution in [3.8, 4) is 0 Å². The second-order valence-electron chi connectivity index (χ2n) is 3.95. The summed E-state index contributed by atoms with van der Waals surface area (Å²) in [7, 11) is 3.45. The second-order valence-corrected chi connectivity index (χ2v) is 3.95. The van der Waals surface area contributed by atoms with E-state index in [-0.39, 0.29) is 5.91 Å². The molecule has 0 saturated heterocycles. The zero-order valence-corrected chi connectivity index (χ0v) is 9.40. The van der Waals surface area contributed by atoms with Crippen molar-refractivity contribution in [3.05, 3.63) is 42.0 Å². The molecular weight excluding hydrogens is 200 g/mol. The molecule has 0 unspecified atom stereocenters. The summed E-state index contributed by atoms with van der Waals surface area (Å²) in [5.41, 5.74) is 6.99. The predicted molar refractivity (Wildman–Crippen MR) is 66.4 cm³/mol. The Morgan fingerprint density at radius 1 is 1.12 bits per heavy atom. The monoisotopic (exact) mass is 214 g/mol. The number of benzene rings is 2. The van der Waals surface area contributed by atoms with Crippen LogP contribution in [0.3, 0.4) is 0 Å². The lowest BCUT2D eigenvalue weighted by Crippen LogP contribution is -2.23. The molecule has 0 heterocycles. The van der Waals surface area contributed by atoms with Crippen LogP contribution in [0, 0.1) is 0 Å². The van der Waals surface area contributed by atoms with Gasteiger partial charge in [0.1, 0.15) is 0 Å². The van der Waals surface area contributed by atoms with E-state index in [1.54, 1.807) is 20.2 Å². The number of nitrogens with zero attached hydrogens (tertiary/aromatic N) is 1. The number of rotatable bonds is 1. The van der Waals surface area contributed by atoms with Gasteiger partial charge < -0.3 is 10.6 Å². The molecule has 0 aliphatic heterocycles. The van der Waals surface area contributed by atoms with Crippen LogP contribution in [0.1, 0.15) is 10.4 Å². The first kappa shape index (κ1) is 10.5. The zero-order valence-electron chi connectivity index (χ0n) is 9.40. The van der Waals surface area contributed by atoms with Crippen molar-refractivity contribution in [2.24, 2.45) is 0 Å². The van der Waals surface area contributed by atoms with E-state index in [2.05, 4.69) is 0 Å². The predicted octanol–water partition coefficient (Wildman–Crippen LogP) is 2.12. The summed E-state index contributed by atoms with van der Waals surface area (Å²) in [5.74, 6) is -0.0608. The molecule has 0 radical (unpaired) electrons. The molecule has 2 aromatic carbocycles. The van der Waals surface area contributed by atoms with Gasteiger partial charge in [0.15, 0.2) is 0 Å². The van der Waals surface area contributed by atoms with Crippen LogP contribution in [0.5, 0.6) is 0 Å². The quantitative estimate of drug-likeness (QED) is 0.739. The van der Waals surface area contributed by atoms with Crippen LogP contribution in [0.2, 0.25) is 0 Å². The molecule has 0 bridgehead atoms. The lowest BCUT2D eigenvalue weighted by Gasteiger charge is -2.14. The largest absolute Gasteiger partial charge is 0.398 e. The molecule has 2 rings (SSSR count). The fourth-order valence-corrected chi connectivity index (χ4v) is 1.75. The van der Waals surface area contributed by atoms with Gasteiger partial charge in [-0.3, -0.25) is 4.79 Å². The maximum atomic E-state index is 12.0. The summed E-state index contributed by atoms with van der Waals surface area (Å²) in [6.07, 6.45) is 0. The number of amides is 1. The molecule has 2 N–H and O–H groups in total. The molecule has 3 heteroatoms. The van der Waals surface area contributed by atoms with Gasteiger partial charge in [0, 0.05) is 19.8 Å². The summed E-state index contributed by atoms with van der Waals surface area (Å²) in [4.78, 5) is 13.6. The first-order valence-electron chi connectivity index (χ1n) is 5.10. The Morgan fingerprint density at radius 3 is 2.50 bits per heavy atom. The standard InChI is InChI=1S/C13H14N2O/c1-15(2)13(16)12-10-6-4-3-5-9(10)7-8-11(12)14/h3-8H,14H2,1-2H3. The molecule has 0 spiro atoms. The molecular formula is C13H14N2O. The molecule has 82 valence electrons. The summed E-state index contributed by atoms with van der Waals surface area (Å²) in [5, 5.41) is 1.93. The fourth-order valence-electron chi connectivity index (χ4n) is 1.75. The van der Waals surface area contributed by atoms with Crippen LogP contribution < -0.4 is 5.73 Å². The van der Waals surface area contributed by atoms with E-state index in [0.717, 1.165) is 10.8 Å². The normalized spacial score (nSPS) is 10.4. The maximum absolute atomic E-state index is 12.0. The van der Waals surface area contributed by atoms with Crippen LogP contribution in [-0.4, -0.2) is 24.9 Å². The Morgan fingerprint density at radius 2 is 1.81 bits per heavy atom. The Labute approximate surface area is 94.5 Å². The SMILES string of the molecule is CN(C)C(=O)c1c(N)ccc2ccccc12. The average Bonchev–Trinajstić information content (AvgIpc) is 2.28. The highest BCUT2D eigenvalue weighted by Crippen LogP contribution is 2.24. The molecule has 1 amide bonds. The Balaban J connectivity index is 2.75. The van der Waals surface area contributed by atoms with Crippen LogP contribution in [0.25, 0.3) is 10.8 Å². The van der Waals surface area contributed by atoms with Gasteiger partial charge in [-0.25, -0.2) is 0 Å². The smallest absolute Gasteiger partial charge is 0.256 e. The van der Waals surface area contributed by atoms with Gasteiger partial charge in [-0.05, 0) is 16.8 Å². The van der Waals surface area contributed by atoms with Crippen molar-refractivity contribution in [3.63, 3.8) is 0 Å². The number of hydrogen-bond acceptors (Lipinski definition) is 2. The molecule has 3 nitrogen and oxygen atoms in total. The van der Waals surface area contributed by atoms with E-state index in [4.69, 9.17) is 5.73 Å². The number of anilines is 1. The lowest BCUT2D eigenvalue weighted by atomic mass is 10.0. The molecule has 0 aliphatic rings. The van der Waals surface area contributed by atoms with E-state index in [0.29, 0.717) is 11.3 Å². The highest BCUT2D eigenvalue weighted by atomic mass is 16.2. The molecule has 0 aliphatic carbocycles. The third-order valence-corrected chi connectivity index (χ3v) is 2.58. The Hall–Kier alpha value is -2.03. The van der Waals surface area contributed by atoms with Gasteiger partial charge in [-0.2, -0.15) is 0 Å². The summed E-state index contributed by atoms with van der Waals surface area (Å²) >= 11 is 0. The number of carbonyl (C=O) groups is 1. The summed E-state index contributed by atoms with van der Waals surface area (Å²) < 4.78 is 0. The van der Waals surface area contributed by atoms with Crippen molar-refractivity contribution >= 4 is 22.4 Å². The van der Waals surface area contributed by atoms with Crippen LogP contribution >= 0.6 is 0 Å². The number of nitrogens with two attached hydrogens (primary N) is 1. The third-order valence-electron chi connectivity index (χ3n) is 2.58. The van der Waals surface area contributed by atoms with Gasteiger partial charge in [-0.1, -0.05) is 30.3 Å². The third kappa shape index (κ3) is 1.60. The molecule has 2 aromatic rings. The van der Waals surface area contributed by atoms with Crippen LogP contribution in [-0.2, 0) is 0 Å². The van der Waals surface area contributed by atoms with Crippen molar-refractivity contribution < 1.29 is 4.79 Å². The first-order valence-corrected chi connectivity index (χ1v) is 5.10. The fraction of sp³-hybridized carbons (Fsp3) is 0.154. The molecule has 0 atom stereocenters.